The summed E-state index contributed by atoms with van der Waals surface area (Å²) in [5, 5.41) is 3.33. The molecule has 1 aliphatic rings. The van der Waals surface area contributed by atoms with E-state index in [0.29, 0.717) is 6.04 Å². The van der Waals surface area contributed by atoms with E-state index in [-0.39, 0.29) is 0 Å². The number of nitrogens with one attached hydrogen (secondary N) is 1. The van der Waals surface area contributed by atoms with Crippen LogP contribution in [-0.2, 0) is 0 Å². The first-order valence-corrected chi connectivity index (χ1v) is 8.08. The van der Waals surface area contributed by atoms with Crippen LogP contribution >= 0.6 is 15.9 Å². The van der Waals surface area contributed by atoms with E-state index in [9.17, 15) is 0 Å². The molecule has 1 fully saturated rings. The van der Waals surface area contributed by atoms with Crippen molar-refractivity contribution in [3.05, 3.63) is 10.8 Å². The van der Waals surface area contributed by atoms with Crippen LogP contribution in [0.1, 0.15) is 26.2 Å². The van der Waals surface area contributed by atoms with Crippen LogP contribution in [0.15, 0.2) is 10.8 Å². The highest BCUT2D eigenvalue weighted by molar-refractivity contribution is 9.10. The molecule has 1 N–H and O–H groups in total. The van der Waals surface area contributed by atoms with E-state index >= 15 is 0 Å². The lowest BCUT2D eigenvalue weighted by Gasteiger charge is -2.27. The van der Waals surface area contributed by atoms with Gasteiger partial charge in [-0.15, -0.1) is 0 Å². The number of halogens is 1. The van der Waals surface area contributed by atoms with E-state index in [4.69, 9.17) is 0 Å². The molecular formula is C14H24BrN5. The average molecular weight is 342 g/mol. The molecule has 5 nitrogen and oxygen atoms in total. The van der Waals surface area contributed by atoms with Gasteiger partial charge in [-0.25, -0.2) is 9.97 Å². The SMILES string of the molecule is CCCNc1ncnc(N(C)CC2CCCN2C)c1Br. The Morgan fingerprint density at radius 3 is 2.95 bits per heavy atom. The molecular weight excluding hydrogens is 318 g/mol. The number of rotatable bonds is 6. The standard InChI is InChI=1S/C14H24BrN5/c1-4-7-16-13-12(15)14(18-10-17-13)20(3)9-11-6-5-8-19(11)2/h10-11H,4-9H2,1-3H3,(H,16,17,18). The highest BCUT2D eigenvalue weighted by Crippen LogP contribution is 2.29. The van der Waals surface area contributed by atoms with E-state index in [0.717, 1.165) is 35.6 Å². The Morgan fingerprint density at radius 1 is 1.50 bits per heavy atom. The second-order valence-corrected chi connectivity index (χ2v) is 6.24. The van der Waals surface area contributed by atoms with Gasteiger partial charge in [0, 0.05) is 26.2 Å². The molecule has 1 aromatic heterocycles. The molecule has 1 unspecified atom stereocenters. The third-order valence-electron chi connectivity index (χ3n) is 3.83. The number of hydrogen-bond donors (Lipinski definition) is 1. The summed E-state index contributed by atoms with van der Waals surface area (Å²) in [5.74, 6) is 1.84. The minimum absolute atomic E-state index is 0.619. The van der Waals surface area contributed by atoms with Crippen LogP contribution in [0.3, 0.4) is 0 Å². The number of aromatic nitrogens is 2. The predicted molar refractivity (Wildman–Crippen MR) is 87.4 cm³/mol. The van der Waals surface area contributed by atoms with E-state index < -0.39 is 0 Å². The summed E-state index contributed by atoms with van der Waals surface area (Å²) in [4.78, 5) is 13.4. The molecule has 6 heteroatoms. The van der Waals surface area contributed by atoms with Gasteiger partial charge in [0.25, 0.3) is 0 Å². The summed E-state index contributed by atoms with van der Waals surface area (Å²) in [7, 11) is 4.30. The Bertz CT molecular complexity index is 440. The van der Waals surface area contributed by atoms with Gasteiger partial charge in [-0.2, -0.15) is 0 Å². The number of hydrogen-bond acceptors (Lipinski definition) is 5. The first-order chi connectivity index (χ1) is 9.63. The monoisotopic (exact) mass is 341 g/mol. The van der Waals surface area contributed by atoms with Gasteiger partial charge >= 0.3 is 0 Å². The fourth-order valence-corrected chi connectivity index (χ4v) is 3.25. The largest absolute Gasteiger partial charge is 0.369 e. The lowest BCUT2D eigenvalue weighted by Crippen LogP contribution is -2.37. The molecule has 0 bridgehead atoms. The minimum Gasteiger partial charge on any atom is -0.369 e. The lowest BCUT2D eigenvalue weighted by molar-refractivity contribution is 0.314. The highest BCUT2D eigenvalue weighted by atomic mass is 79.9. The number of likely N-dealkylation sites (N-methyl/N-ethyl adjacent to an activating group) is 2. The van der Waals surface area contributed by atoms with Crippen molar-refractivity contribution in [1.29, 1.82) is 0 Å². The summed E-state index contributed by atoms with van der Waals surface area (Å²) >= 11 is 3.63. The molecule has 112 valence electrons. The Balaban J connectivity index is 2.07. The molecule has 2 heterocycles. The zero-order chi connectivity index (χ0) is 14.5. The van der Waals surface area contributed by atoms with Crippen molar-refractivity contribution in [3.63, 3.8) is 0 Å². The topological polar surface area (TPSA) is 44.3 Å². The molecule has 0 aromatic carbocycles. The van der Waals surface area contributed by atoms with E-state index in [1.165, 1.54) is 19.4 Å². The summed E-state index contributed by atoms with van der Waals surface area (Å²) in [6.45, 7) is 5.27. The molecule has 2 rings (SSSR count). The van der Waals surface area contributed by atoms with Crippen molar-refractivity contribution in [2.75, 3.05) is 43.9 Å². The van der Waals surface area contributed by atoms with Crippen molar-refractivity contribution in [3.8, 4) is 0 Å². The molecule has 0 amide bonds. The molecule has 20 heavy (non-hydrogen) atoms. The Morgan fingerprint density at radius 2 is 2.30 bits per heavy atom. The third-order valence-corrected chi connectivity index (χ3v) is 4.56. The molecule has 1 aliphatic heterocycles. The van der Waals surface area contributed by atoms with Crippen molar-refractivity contribution in [2.24, 2.45) is 0 Å². The first-order valence-electron chi connectivity index (χ1n) is 7.29. The van der Waals surface area contributed by atoms with Crippen LogP contribution in [0.5, 0.6) is 0 Å². The number of nitrogens with zero attached hydrogens (tertiary/aromatic N) is 4. The van der Waals surface area contributed by atoms with Crippen LogP contribution in [0.2, 0.25) is 0 Å². The van der Waals surface area contributed by atoms with Crippen LogP contribution in [-0.4, -0.2) is 54.6 Å². The third kappa shape index (κ3) is 3.61. The maximum absolute atomic E-state index is 4.42. The van der Waals surface area contributed by atoms with Gasteiger partial charge < -0.3 is 15.1 Å². The second-order valence-electron chi connectivity index (χ2n) is 5.44. The highest BCUT2D eigenvalue weighted by Gasteiger charge is 2.23. The van der Waals surface area contributed by atoms with E-state index in [1.54, 1.807) is 6.33 Å². The van der Waals surface area contributed by atoms with Gasteiger partial charge in [-0.05, 0) is 48.8 Å². The molecule has 0 saturated carbocycles. The zero-order valence-corrected chi connectivity index (χ0v) is 14.2. The summed E-state index contributed by atoms with van der Waals surface area (Å²) < 4.78 is 0.955. The van der Waals surface area contributed by atoms with Crippen molar-refractivity contribution < 1.29 is 0 Å². The summed E-state index contributed by atoms with van der Waals surface area (Å²) in [6, 6.07) is 0.619. The predicted octanol–water partition coefficient (Wildman–Crippen LogP) is 2.59. The maximum atomic E-state index is 4.42. The Kier molecular flexibility index (Phi) is 5.60. The van der Waals surface area contributed by atoms with Gasteiger partial charge in [0.1, 0.15) is 22.4 Å². The zero-order valence-electron chi connectivity index (χ0n) is 12.6. The Labute approximate surface area is 129 Å². The molecule has 0 spiro atoms. The summed E-state index contributed by atoms with van der Waals surface area (Å²) in [6.07, 6.45) is 5.27. The lowest BCUT2D eigenvalue weighted by atomic mass is 10.2. The van der Waals surface area contributed by atoms with Crippen LogP contribution in [0.4, 0.5) is 11.6 Å². The van der Waals surface area contributed by atoms with Crippen LogP contribution in [0.25, 0.3) is 0 Å². The second kappa shape index (κ2) is 7.22. The fraction of sp³-hybridized carbons (Fsp3) is 0.714. The molecule has 1 aromatic rings. The molecule has 1 atom stereocenters. The van der Waals surface area contributed by atoms with Gasteiger partial charge in [-0.1, -0.05) is 6.92 Å². The van der Waals surface area contributed by atoms with Crippen molar-refractivity contribution in [2.45, 2.75) is 32.2 Å². The van der Waals surface area contributed by atoms with Crippen molar-refractivity contribution in [1.82, 2.24) is 14.9 Å². The summed E-state index contributed by atoms with van der Waals surface area (Å²) in [5.41, 5.74) is 0. The van der Waals surface area contributed by atoms with E-state index in [1.807, 2.05) is 0 Å². The fourth-order valence-electron chi connectivity index (χ4n) is 2.61. The Hall–Kier alpha value is -0.880. The quantitative estimate of drug-likeness (QED) is 0.861. The van der Waals surface area contributed by atoms with Gasteiger partial charge in [0.05, 0.1) is 0 Å². The molecule has 0 aliphatic carbocycles. The molecule has 0 radical (unpaired) electrons. The van der Waals surface area contributed by atoms with Gasteiger partial charge in [0.2, 0.25) is 0 Å². The average Bonchev–Trinajstić information content (AvgIpc) is 2.83. The number of anilines is 2. The minimum atomic E-state index is 0.619. The number of likely N-dealkylation sites (tertiary alicyclic amines) is 1. The first kappa shape index (κ1) is 15.5. The maximum Gasteiger partial charge on any atom is 0.148 e. The normalized spacial score (nSPS) is 19.3. The smallest absolute Gasteiger partial charge is 0.148 e. The van der Waals surface area contributed by atoms with Crippen molar-refractivity contribution >= 4 is 27.6 Å². The van der Waals surface area contributed by atoms with Crippen LogP contribution < -0.4 is 10.2 Å². The van der Waals surface area contributed by atoms with Gasteiger partial charge in [0.15, 0.2) is 0 Å². The van der Waals surface area contributed by atoms with E-state index in [2.05, 4.69) is 62.0 Å². The molecule has 1 saturated heterocycles. The van der Waals surface area contributed by atoms with Crippen LogP contribution in [0, 0.1) is 0 Å². The van der Waals surface area contributed by atoms with Gasteiger partial charge in [-0.3, -0.25) is 0 Å².